The highest BCUT2D eigenvalue weighted by Gasteiger charge is 2.34. The summed E-state index contributed by atoms with van der Waals surface area (Å²) in [6, 6.07) is 6.35. The van der Waals surface area contributed by atoms with Crippen LogP contribution in [0.1, 0.15) is 41.0 Å². The van der Waals surface area contributed by atoms with Crippen LogP contribution in [0.5, 0.6) is 5.75 Å². The van der Waals surface area contributed by atoms with E-state index in [1.165, 1.54) is 0 Å². The van der Waals surface area contributed by atoms with Gasteiger partial charge in [0.05, 0.1) is 19.3 Å². The van der Waals surface area contributed by atoms with Gasteiger partial charge in [-0.05, 0) is 45.2 Å². The van der Waals surface area contributed by atoms with Crippen molar-refractivity contribution in [1.29, 1.82) is 0 Å². The number of ether oxygens (including phenoxy) is 2. The minimum absolute atomic E-state index is 0.105. The Balaban J connectivity index is 1.80. The van der Waals surface area contributed by atoms with Crippen molar-refractivity contribution in [1.82, 2.24) is 15.1 Å². The van der Waals surface area contributed by atoms with Gasteiger partial charge in [-0.1, -0.05) is 13.8 Å². The molecule has 1 aliphatic rings. The second-order valence-electron chi connectivity index (χ2n) is 9.27. The Kier molecular flexibility index (Phi) is 6.58. The van der Waals surface area contributed by atoms with E-state index in [1.54, 1.807) is 13.3 Å². The van der Waals surface area contributed by atoms with Gasteiger partial charge in [-0.15, -0.1) is 0 Å². The van der Waals surface area contributed by atoms with Crippen LogP contribution in [0.15, 0.2) is 30.6 Å². The molecule has 3 rings (SSSR count). The first-order valence-corrected chi connectivity index (χ1v) is 10.6. The van der Waals surface area contributed by atoms with Gasteiger partial charge in [0, 0.05) is 48.7 Å². The van der Waals surface area contributed by atoms with Gasteiger partial charge in [0.15, 0.2) is 0 Å². The van der Waals surface area contributed by atoms with Crippen molar-refractivity contribution in [3.8, 4) is 16.9 Å². The van der Waals surface area contributed by atoms with E-state index in [0.717, 1.165) is 42.1 Å². The number of carbonyl (C=O) groups is 1. The maximum absolute atomic E-state index is 12.8. The molecule has 1 atom stereocenters. The van der Waals surface area contributed by atoms with Crippen molar-refractivity contribution in [2.45, 2.75) is 52.7 Å². The van der Waals surface area contributed by atoms with Crippen LogP contribution < -0.4 is 9.64 Å². The zero-order valence-electron chi connectivity index (χ0n) is 18.9. The second-order valence-corrected chi connectivity index (χ2v) is 9.27. The van der Waals surface area contributed by atoms with Crippen LogP contribution in [0.3, 0.4) is 0 Å². The summed E-state index contributed by atoms with van der Waals surface area (Å²) in [5.74, 6) is 1.29. The lowest BCUT2D eigenvalue weighted by atomic mass is 9.99. The van der Waals surface area contributed by atoms with Crippen LogP contribution in [0, 0.1) is 5.92 Å². The summed E-state index contributed by atoms with van der Waals surface area (Å²) in [5, 5.41) is 6.88. The molecule has 0 saturated carbocycles. The van der Waals surface area contributed by atoms with E-state index in [0.29, 0.717) is 12.5 Å². The Labute approximate surface area is 179 Å². The molecule has 1 aromatic heterocycles. The number of nitrogens with one attached hydrogen (secondary N) is 1. The molecule has 164 valence electrons. The highest BCUT2D eigenvalue weighted by Crippen LogP contribution is 2.34. The number of carbonyl (C=O) groups excluding carboxylic acids is 1. The lowest BCUT2D eigenvalue weighted by molar-refractivity contribution is 0.0120. The molecule has 0 spiro atoms. The molecule has 1 fully saturated rings. The number of hydrogen-bond donors (Lipinski definition) is 1. The highest BCUT2D eigenvalue weighted by atomic mass is 16.6. The van der Waals surface area contributed by atoms with Gasteiger partial charge in [0.1, 0.15) is 11.4 Å². The molecular formula is C23H34N4O3. The molecule has 2 aromatic rings. The van der Waals surface area contributed by atoms with Crippen molar-refractivity contribution in [3.63, 3.8) is 0 Å². The van der Waals surface area contributed by atoms with Gasteiger partial charge >= 0.3 is 6.09 Å². The summed E-state index contributed by atoms with van der Waals surface area (Å²) >= 11 is 0. The first-order chi connectivity index (χ1) is 14.2. The van der Waals surface area contributed by atoms with Crippen molar-refractivity contribution in [3.05, 3.63) is 30.6 Å². The minimum Gasteiger partial charge on any atom is -0.496 e. The Hall–Kier alpha value is -2.70. The van der Waals surface area contributed by atoms with E-state index in [4.69, 9.17) is 9.47 Å². The van der Waals surface area contributed by atoms with Crippen molar-refractivity contribution >= 4 is 11.8 Å². The second kappa shape index (κ2) is 8.98. The van der Waals surface area contributed by atoms with Gasteiger partial charge in [0.25, 0.3) is 0 Å². The summed E-state index contributed by atoms with van der Waals surface area (Å²) in [5.41, 5.74) is 2.59. The largest absolute Gasteiger partial charge is 0.496 e. The van der Waals surface area contributed by atoms with Crippen LogP contribution in [-0.2, 0) is 4.74 Å². The van der Waals surface area contributed by atoms with Gasteiger partial charge < -0.3 is 19.3 Å². The monoisotopic (exact) mass is 414 g/mol. The van der Waals surface area contributed by atoms with Crippen molar-refractivity contribution in [2.75, 3.05) is 31.6 Å². The van der Waals surface area contributed by atoms with E-state index in [9.17, 15) is 4.79 Å². The summed E-state index contributed by atoms with van der Waals surface area (Å²) in [7, 11) is 1.69. The molecule has 1 saturated heterocycles. The smallest absolute Gasteiger partial charge is 0.410 e. The fourth-order valence-corrected chi connectivity index (χ4v) is 3.91. The number of benzene rings is 1. The lowest BCUT2D eigenvalue weighted by Gasteiger charge is -2.43. The third kappa shape index (κ3) is 5.26. The van der Waals surface area contributed by atoms with Crippen molar-refractivity contribution < 1.29 is 14.3 Å². The summed E-state index contributed by atoms with van der Waals surface area (Å²) in [6.45, 7) is 12.3. The number of piperazine rings is 1. The number of rotatable bonds is 5. The van der Waals surface area contributed by atoms with Crippen molar-refractivity contribution in [2.24, 2.45) is 5.92 Å². The molecular weight excluding hydrogens is 380 g/mol. The number of aromatic nitrogens is 2. The first-order valence-electron chi connectivity index (χ1n) is 10.6. The van der Waals surface area contributed by atoms with Crippen LogP contribution >= 0.6 is 0 Å². The molecule has 0 radical (unpaired) electrons. The molecule has 0 bridgehead atoms. The zero-order valence-corrected chi connectivity index (χ0v) is 18.9. The fraction of sp³-hybridized carbons (Fsp3) is 0.565. The molecule has 7 nitrogen and oxygen atoms in total. The van der Waals surface area contributed by atoms with E-state index < -0.39 is 5.60 Å². The number of methoxy groups -OCH3 is 1. The first kappa shape index (κ1) is 22.0. The Morgan fingerprint density at radius 1 is 1.30 bits per heavy atom. The molecule has 0 aliphatic carbocycles. The summed E-state index contributed by atoms with van der Waals surface area (Å²) < 4.78 is 11.3. The minimum atomic E-state index is -0.493. The fourth-order valence-electron chi connectivity index (χ4n) is 3.91. The lowest BCUT2D eigenvalue weighted by Crippen LogP contribution is -2.56. The van der Waals surface area contributed by atoms with E-state index >= 15 is 0 Å². The number of aromatic amines is 1. The number of anilines is 1. The standard InChI is InChI=1S/C23H34N4O3/c1-16(2)11-19-15-26(9-10-27(19)22(28)30-23(3,4)5)18-7-8-20(21(12-18)29-6)17-13-24-25-14-17/h7-8,12-14,16,19H,9-11,15H2,1-6H3,(H,24,25). The Bertz CT molecular complexity index is 843. The van der Waals surface area contributed by atoms with E-state index in [1.807, 2.05) is 31.9 Å². The Morgan fingerprint density at radius 3 is 2.67 bits per heavy atom. The van der Waals surface area contributed by atoms with Gasteiger partial charge in [0.2, 0.25) is 0 Å². The average Bonchev–Trinajstić information content (AvgIpc) is 3.20. The highest BCUT2D eigenvalue weighted by molar-refractivity contribution is 5.73. The predicted molar refractivity (Wildman–Crippen MR) is 119 cm³/mol. The maximum Gasteiger partial charge on any atom is 0.410 e. The third-order valence-corrected chi connectivity index (χ3v) is 5.21. The summed E-state index contributed by atoms with van der Waals surface area (Å²) in [6.07, 6.45) is 4.35. The van der Waals surface area contributed by atoms with Crippen LogP contribution in [0.25, 0.3) is 11.1 Å². The SMILES string of the molecule is COc1cc(N2CCN(C(=O)OC(C)(C)C)C(CC(C)C)C2)ccc1-c1cn[nH]c1. The number of nitrogens with zero attached hydrogens (tertiary/aromatic N) is 3. The molecule has 1 aromatic carbocycles. The number of hydrogen-bond acceptors (Lipinski definition) is 5. The topological polar surface area (TPSA) is 70.7 Å². The van der Waals surface area contributed by atoms with Gasteiger partial charge in [-0.2, -0.15) is 5.10 Å². The van der Waals surface area contributed by atoms with E-state index in [2.05, 4.69) is 47.1 Å². The molecule has 2 heterocycles. The van der Waals surface area contributed by atoms with Crippen LogP contribution in [0.4, 0.5) is 10.5 Å². The molecule has 1 unspecified atom stereocenters. The van der Waals surface area contributed by atoms with E-state index in [-0.39, 0.29) is 12.1 Å². The number of H-pyrrole nitrogens is 1. The molecule has 1 N–H and O–H groups in total. The molecule has 7 heteroatoms. The average molecular weight is 415 g/mol. The van der Waals surface area contributed by atoms with Gasteiger partial charge in [-0.25, -0.2) is 4.79 Å². The van der Waals surface area contributed by atoms with Crippen LogP contribution in [0.2, 0.25) is 0 Å². The third-order valence-electron chi connectivity index (χ3n) is 5.21. The molecule has 1 aliphatic heterocycles. The van der Waals surface area contributed by atoms with Crippen LogP contribution in [-0.4, -0.2) is 59.6 Å². The van der Waals surface area contributed by atoms with Gasteiger partial charge in [-0.3, -0.25) is 5.10 Å². The molecule has 30 heavy (non-hydrogen) atoms. The Morgan fingerprint density at radius 2 is 2.07 bits per heavy atom. The summed E-state index contributed by atoms with van der Waals surface area (Å²) in [4.78, 5) is 17.0. The predicted octanol–water partition coefficient (Wildman–Crippen LogP) is 4.56. The quantitative estimate of drug-likeness (QED) is 0.777. The normalized spacial score (nSPS) is 17.4. The maximum atomic E-state index is 12.8. The number of amides is 1. The zero-order chi connectivity index (χ0) is 21.9. The molecule has 1 amide bonds.